The van der Waals surface area contributed by atoms with Crippen LogP contribution in [-0.2, 0) is 4.43 Å². The van der Waals surface area contributed by atoms with E-state index in [1.807, 2.05) is 0 Å². The molecule has 0 saturated carbocycles. The summed E-state index contributed by atoms with van der Waals surface area (Å²) in [6.07, 6.45) is 2.75. The van der Waals surface area contributed by atoms with Gasteiger partial charge in [0, 0.05) is 6.61 Å². The van der Waals surface area contributed by atoms with Gasteiger partial charge in [0.05, 0.1) is 0 Å². The predicted octanol–water partition coefficient (Wildman–Crippen LogP) is -2.31. The van der Waals surface area contributed by atoms with E-state index in [1.54, 1.807) is 0 Å². The van der Waals surface area contributed by atoms with Gasteiger partial charge in [-0.2, -0.15) is 0 Å². The van der Waals surface area contributed by atoms with Crippen LogP contribution in [0.1, 0.15) is 12.8 Å². The molecule has 1 aliphatic rings. The molecule has 68 valence electrons. The molecule has 0 aromatic carbocycles. The van der Waals surface area contributed by atoms with Crippen molar-refractivity contribution in [3.8, 4) is 0 Å². The van der Waals surface area contributed by atoms with Crippen molar-refractivity contribution in [1.29, 1.82) is 0 Å². The van der Waals surface area contributed by atoms with E-state index in [9.17, 15) is 0 Å². The van der Waals surface area contributed by atoms with Gasteiger partial charge in [-0.3, -0.25) is 0 Å². The first-order valence-electron chi connectivity index (χ1n) is 3.47. The molecule has 0 unspecified atom stereocenters. The first-order chi connectivity index (χ1) is 5.00. The summed E-state index contributed by atoms with van der Waals surface area (Å²) in [5.74, 6) is 0. The second-order valence-electron chi connectivity index (χ2n) is 2.27. The highest BCUT2D eigenvalue weighted by Crippen LogP contribution is 2.01. The van der Waals surface area contributed by atoms with Crippen molar-refractivity contribution in [3.63, 3.8) is 0 Å². The summed E-state index contributed by atoms with van der Waals surface area (Å²) >= 11 is 0. The van der Waals surface area contributed by atoms with Crippen LogP contribution in [0.15, 0.2) is 0 Å². The molecule has 0 aromatic rings. The van der Waals surface area contributed by atoms with Crippen molar-refractivity contribution in [2.45, 2.75) is 18.9 Å². The molecule has 1 heterocycles. The van der Waals surface area contributed by atoms with Gasteiger partial charge >= 0.3 is 9.05 Å². The summed E-state index contributed by atoms with van der Waals surface area (Å²) in [7, 11) is -4.60. The molecule has 1 rings (SSSR count). The van der Waals surface area contributed by atoms with Crippen molar-refractivity contribution in [2.24, 2.45) is 0 Å². The fourth-order valence-corrected chi connectivity index (χ4v) is 1.86. The molecule has 0 spiro atoms. The second-order valence-corrected chi connectivity index (χ2v) is 5.00. The molecular weight excluding hydrogens is 184 g/mol. The molecule has 0 aliphatic carbocycles. The van der Waals surface area contributed by atoms with Gasteiger partial charge in [-0.15, -0.1) is 0 Å². The average molecular weight is 198 g/mol. The van der Waals surface area contributed by atoms with Crippen LogP contribution in [0, 0.1) is 0 Å². The van der Waals surface area contributed by atoms with Gasteiger partial charge in [-0.1, -0.05) is 6.42 Å². The van der Waals surface area contributed by atoms with Crippen LogP contribution >= 0.6 is 0 Å². The minimum absolute atomic E-state index is 0.00849. The number of rotatable bonds is 0. The average Bonchev–Trinajstić information content (AvgIpc) is 1.88. The van der Waals surface area contributed by atoms with Crippen molar-refractivity contribution in [3.05, 3.63) is 0 Å². The maximum absolute atomic E-state index is 7.33. The smallest absolute Gasteiger partial charge is 0.424 e. The Hall–Kier alpha value is 0.234. The van der Waals surface area contributed by atoms with Crippen LogP contribution in [0.4, 0.5) is 0 Å². The molecule has 0 radical (unpaired) electrons. The first kappa shape index (κ1) is 11.2. The highest BCUT2D eigenvalue weighted by Gasteiger charge is 2.22. The van der Waals surface area contributed by atoms with Gasteiger partial charge in [-0.05, 0) is 12.5 Å². The zero-order valence-electron chi connectivity index (χ0n) is 6.23. The van der Waals surface area contributed by atoms with Gasteiger partial charge in [0.2, 0.25) is 0 Å². The van der Waals surface area contributed by atoms with E-state index in [4.69, 9.17) is 23.6 Å². The van der Waals surface area contributed by atoms with Crippen molar-refractivity contribution in [2.75, 3.05) is 6.61 Å². The maximum Gasteiger partial charge on any atom is 0.668 e. The molecule has 0 atom stereocenters. The number of hydrogen-bond donors (Lipinski definition) is 4. The number of hydrogen-bond acceptors (Lipinski definition) is 5. The van der Waals surface area contributed by atoms with Gasteiger partial charge in [-0.25, -0.2) is 0 Å². The van der Waals surface area contributed by atoms with Crippen LogP contribution in [0.25, 0.3) is 0 Å². The fourth-order valence-electron chi connectivity index (χ4n) is 0.687. The lowest BCUT2D eigenvalue weighted by Gasteiger charge is -2.07. The lowest BCUT2D eigenvalue weighted by molar-refractivity contribution is 0.117. The second kappa shape index (κ2) is 5.83. The highest BCUT2D eigenvalue weighted by molar-refractivity contribution is 6.46. The highest BCUT2D eigenvalue weighted by atomic mass is 28.4. The monoisotopic (exact) mass is 198 g/mol. The molecule has 4 N–H and O–H groups in total. The normalized spacial score (nSPS) is 20.7. The first-order valence-corrected chi connectivity index (χ1v) is 6.84. The SMILES string of the molecule is C1CC[SiH2]OC1.O[Si](O)(O)O. The summed E-state index contributed by atoms with van der Waals surface area (Å²) in [6, 6.07) is 1.42. The van der Waals surface area contributed by atoms with Gasteiger partial charge < -0.3 is 23.6 Å². The molecule has 7 heteroatoms. The molecule has 1 saturated heterocycles. The molecule has 0 aromatic heterocycles. The van der Waals surface area contributed by atoms with Crippen LogP contribution in [-0.4, -0.2) is 44.6 Å². The summed E-state index contributed by atoms with van der Waals surface area (Å²) in [4.78, 5) is 29.3. The summed E-state index contributed by atoms with van der Waals surface area (Å²) in [6.45, 7) is 1.06. The topological polar surface area (TPSA) is 90.2 Å². The Labute approximate surface area is 68.7 Å². The Bertz CT molecular complexity index is 71.5. The minimum Gasteiger partial charge on any atom is -0.424 e. The summed E-state index contributed by atoms with van der Waals surface area (Å²) < 4.78 is 5.21. The molecule has 5 nitrogen and oxygen atoms in total. The van der Waals surface area contributed by atoms with E-state index >= 15 is 0 Å². The molecule has 0 bridgehead atoms. The lowest BCUT2D eigenvalue weighted by atomic mass is 10.4. The van der Waals surface area contributed by atoms with Crippen LogP contribution in [0.5, 0.6) is 0 Å². The van der Waals surface area contributed by atoms with Gasteiger partial charge in [0.1, 0.15) is 0 Å². The summed E-state index contributed by atoms with van der Waals surface area (Å²) in [5, 5.41) is 0. The Morgan fingerprint density at radius 3 is 1.73 bits per heavy atom. The van der Waals surface area contributed by atoms with Crippen LogP contribution in [0.2, 0.25) is 6.04 Å². The third-order valence-electron chi connectivity index (χ3n) is 1.08. The Kier molecular flexibility index (Phi) is 5.95. The molecule has 1 fully saturated rings. The largest absolute Gasteiger partial charge is 0.668 e. The van der Waals surface area contributed by atoms with E-state index in [2.05, 4.69) is 0 Å². The Morgan fingerprint density at radius 2 is 1.64 bits per heavy atom. The fraction of sp³-hybridized carbons (Fsp3) is 1.00. The van der Waals surface area contributed by atoms with E-state index in [1.165, 1.54) is 18.9 Å². The summed E-state index contributed by atoms with van der Waals surface area (Å²) in [5.41, 5.74) is 0. The quantitative estimate of drug-likeness (QED) is 0.328. The predicted molar refractivity (Wildman–Crippen MR) is 43.2 cm³/mol. The molecule has 11 heavy (non-hydrogen) atoms. The standard InChI is InChI=1S/C4H10OSi.H4O4Si/c1-2-4-6-5-3-1;1-5(2,3)4/h1-4,6H2;1-4H. The van der Waals surface area contributed by atoms with Crippen molar-refractivity contribution in [1.82, 2.24) is 0 Å². The minimum atomic E-state index is -4.61. The third-order valence-corrected chi connectivity index (χ3v) is 2.44. The van der Waals surface area contributed by atoms with Crippen LogP contribution in [0.3, 0.4) is 0 Å². The van der Waals surface area contributed by atoms with E-state index < -0.39 is 9.05 Å². The maximum atomic E-state index is 7.33. The van der Waals surface area contributed by atoms with Crippen molar-refractivity contribution < 1.29 is 23.6 Å². The Balaban J connectivity index is 0.000000187. The van der Waals surface area contributed by atoms with E-state index in [0.29, 0.717) is 0 Å². The Morgan fingerprint density at radius 1 is 1.09 bits per heavy atom. The molecule has 1 aliphatic heterocycles. The van der Waals surface area contributed by atoms with E-state index in [0.717, 1.165) is 6.61 Å². The van der Waals surface area contributed by atoms with Crippen molar-refractivity contribution >= 4 is 18.8 Å². The zero-order valence-corrected chi connectivity index (χ0v) is 8.65. The molecular formula is C4H14O5Si2. The lowest BCUT2D eigenvalue weighted by Crippen LogP contribution is -2.33. The third kappa shape index (κ3) is 17.9. The zero-order chi connectivity index (χ0) is 8.74. The van der Waals surface area contributed by atoms with Gasteiger partial charge in [0.25, 0.3) is 0 Å². The van der Waals surface area contributed by atoms with Crippen LogP contribution < -0.4 is 0 Å². The van der Waals surface area contributed by atoms with E-state index in [-0.39, 0.29) is 9.76 Å². The van der Waals surface area contributed by atoms with Gasteiger partial charge in [0.15, 0.2) is 9.76 Å². The molecule has 0 amide bonds.